The van der Waals surface area contributed by atoms with Gasteiger partial charge in [0.2, 0.25) is 0 Å². The Morgan fingerprint density at radius 3 is 3.22 bits per heavy atom. The fourth-order valence-electron chi connectivity index (χ4n) is 0.743. The molecule has 0 fully saturated rings. The first-order valence-corrected chi connectivity index (χ1v) is 3.13. The quantitative estimate of drug-likeness (QED) is 0.315. The Morgan fingerprint density at radius 2 is 2.67 bits per heavy atom. The molecule has 0 amide bonds. The molecule has 0 spiro atoms. The summed E-state index contributed by atoms with van der Waals surface area (Å²) in [6, 6.07) is 0. The Labute approximate surface area is 54.0 Å². The van der Waals surface area contributed by atoms with Gasteiger partial charge in [-0.15, -0.1) is 0 Å². The van der Waals surface area contributed by atoms with Crippen molar-refractivity contribution in [1.29, 1.82) is 0 Å². The number of rotatable bonds is 2. The van der Waals surface area contributed by atoms with Crippen molar-refractivity contribution < 1.29 is 10.1 Å². The first-order chi connectivity index (χ1) is 4.43. The lowest BCUT2D eigenvalue weighted by Gasteiger charge is -1.94. The van der Waals surface area contributed by atoms with Gasteiger partial charge in [-0.25, -0.2) is 0 Å². The van der Waals surface area contributed by atoms with Crippen LogP contribution < -0.4 is 15.6 Å². The minimum atomic E-state index is 0.173. The topological polar surface area (TPSA) is 58.3 Å². The minimum Gasteiger partial charge on any atom is -0.393 e. The highest BCUT2D eigenvalue weighted by Crippen LogP contribution is 1.59. The second-order valence-electron chi connectivity index (χ2n) is 1.88. The highest BCUT2D eigenvalue weighted by Gasteiger charge is 2.08. The Bertz CT molecular complexity index is 113. The summed E-state index contributed by atoms with van der Waals surface area (Å²) >= 11 is 0. The van der Waals surface area contributed by atoms with E-state index in [1.54, 1.807) is 0 Å². The van der Waals surface area contributed by atoms with Crippen molar-refractivity contribution in [3.05, 3.63) is 0 Å². The summed E-state index contributed by atoms with van der Waals surface area (Å²) in [5.41, 5.74) is 0. The van der Waals surface area contributed by atoms with E-state index in [0.717, 1.165) is 19.0 Å². The third-order valence-corrected chi connectivity index (χ3v) is 1.14. The minimum absolute atomic E-state index is 0.173. The van der Waals surface area contributed by atoms with Crippen LogP contribution in [0.15, 0.2) is 0 Å². The highest BCUT2D eigenvalue weighted by molar-refractivity contribution is 5.74. The Hall–Kier alpha value is -0.770. The van der Waals surface area contributed by atoms with E-state index in [9.17, 15) is 0 Å². The summed E-state index contributed by atoms with van der Waals surface area (Å²) in [4.78, 5) is 3.07. The van der Waals surface area contributed by atoms with Crippen LogP contribution in [0.3, 0.4) is 0 Å². The van der Waals surface area contributed by atoms with Crippen LogP contribution in [0.2, 0.25) is 0 Å². The van der Waals surface area contributed by atoms with Crippen molar-refractivity contribution in [2.24, 2.45) is 0 Å². The summed E-state index contributed by atoms with van der Waals surface area (Å²) in [5, 5.41) is 14.4. The molecular weight excluding hydrogens is 118 g/mol. The van der Waals surface area contributed by atoms with E-state index in [0.29, 0.717) is 6.54 Å². The number of hydrogen-bond acceptors (Lipinski definition) is 3. The SMILES string of the molecule is OCCNC1=[NH+]CCN1. The summed E-state index contributed by atoms with van der Waals surface area (Å²) in [5.74, 6) is 0.934. The third kappa shape index (κ3) is 1.89. The van der Waals surface area contributed by atoms with Gasteiger partial charge in [-0.1, -0.05) is 0 Å². The third-order valence-electron chi connectivity index (χ3n) is 1.14. The molecule has 0 aromatic carbocycles. The van der Waals surface area contributed by atoms with E-state index in [-0.39, 0.29) is 6.61 Å². The van der Waals surface area contributed by atoms with Crippen LogP contribution in [-0.4, -0.2) is 37.3 Å². The zero-order valence-corrected chi connectivity index (χ0v) is 5.28. The van der Waals surface area contributed by atoms with Crippen molar-refractivity contribution in [1.82, 2.24) is 10.6 Å². The largest absolute Gasteiger partial charge is 0.393 e. The average molecular weight is 130 g/mol. The zero-order chi connectivity index (χ0) is 6.53. The standard InChI is InChI=1S/C5H11N3O/c9-4-3-8-5-6-1-2-7-5/h9H,1-4H2,(H2,6,7,8)/p+1. The van der Waals surface area contributed by atoms with Crippen LogP contribution in [0.1, 0.15) is 0 Å². The van der Waals surface area contributed by atoms with Gasteiger partial charge in [0.25, 0.3) is 0 Å². The van der Waals surface area contributed by atoms with E-state index < -0.39 is 0 Å². The number of hydrogen-bond donors (Lipinski definition) is 4. The van der Waals surface area contributed by atoms with Crippen LogP contribution in [0.4, 0.5) is 0 Å². The molecular formula is C5H12N3O+. The lowest BCUT2D eigenvalue weighted by molar-refractivity contribution is -0.446. The van der Waals surface area contributed by atoms with Gasteiger partial charge in [0.1, 0.15) is 0 Å². The molecule has 4 nitrogen and oxygen atoms in total. The Morgan fingerprint density at radius 1 is 1.78 bits per heavy atom. The van der Waals surface area contributed by atoms with E-state index in [1.165, 1.54) is 0 Å². The molecule has 0 unspecified atom stereocenters. The number of nitrogens with one attached hydrogen (secondary N) is 3. The molecule has 0 aliphatic carbocycles. The van der Waals surface area contributed by atoms with Gasteiger partial charge < -0.3 is 5.11 Å². The molecule has 0 radical (unpaired) electrons. The van der Waals surface area contributed by atoms with Gasteiger partial charge in [-0.05, 0) is 0 Å². The average Bonchev–Trinajstić information content (AvgIpc) is 2.34. The van der Waals surface area contributed by atoms with E-state index in [4.69, 9.17) is 5.11 Å². The van der Waals surface area contributed by atoms with Crippen LogP contribution in [0.25, 0.3) is 0 Å². The lowest BCUT2D eigenvalue weighted by Crippen LogP contribution is -2.74. The predicted molar refractivity (Wildman–Crippen MR) is 33.9 cm³/mol. The molecule has 0 saturated heterocycles. The summed E-state index contributed by atoms with van der Waals surface area (Å²) < 4.78 is 0. The van der Waals surface area contributed by atoms with Crippen LogP contribution in [0, 0.1) is 0 Å². The summed E-state index contributed by atoms with van der Waals surface area (Å²) in [6.45, 7) is 2.71. The van der Waals surface area contributed by atoms with Crippen molar-refractivity contribution in [2.75, 3.05) is 26.2 Å². The molecule has 1 rings (SSSR count). The first kappa shape index (κ1) is 6.35. The van der Waals surface area contributed by atoms with E-state index in [2.05, 4.69) is 15.6 Å². The van der Waals surface area contributed by atoms with Gasteiger partial charge in [0.15, 0.2) is 0 Å². The molecule has 4 N–H and O–H groups in total. The molecule has 1 aliphatic rings. The highest BCUT2D eigenvalue weighted by atomic mass is 16.3. The maximum atomic E-state index is 8.40. The fraction of sp³-hybridized carbons (Fsp3) is 0.800. The first-order valence-electron chi connectivity index (χ1n) is 3.13. The molecule has 0 atom stereocenters. The Balaban J connectivity index is 2.11. The van der Waals surface area contributed by atoms with Crippen molar-refractivity contribution >= 4 is 5.96 Å². The molecule has 0 aromatic heterocycles. The maximum absolute atomic E-state index is 8.40. The molecule has 1 heterocycles. The second kappa shape index (κ2) is 3.29. The summed E-state index contributed by atoms with van der Waals surface area (Å²) in [7, 11) is 0. The van der Waals surface area contributed by atoms with Gasteiger partial charge in [0.05, 0.1) is 26.2 Å². The Kier molecular flexibility index (Phi) is 2.32. The van der Waals surface area contributed by atoms with E-state index in [1.807, 2.05) is 0 Å². The van der Waals surface area contributed by atoms with Crippen LogP contribution in [0.5, 0.6) is 0 Å². The van der Waals surface area contributed by atoms with Crippen LogP contribution >= 0.6 is 0 Å². The smallest absolute Gasteiger partial charge is 0.343 e. The molecule has 0 saturated carbocycles. The lowest BCUT2D eigenvalue weighted by atomic mass is 10.7. The number of guanidine groups is 1. The zero-order valence-electron chi connectivity index (χ0n) is 5.28. The molecule has 1 aliphatic heterocycles. The molecule has 52 valence electrons. The van der Waals surface area contributed by atoms with Gasteiger partial charge >= 0.3 is 5.96 Å². The van der Waals surface area contributed by atoms with Crippen molar-refractivity contribution in [3.63, 3.8) is 0 Å². The maximum Gasteiger partial charge on any atom is 0.343 e. The van der Waals surface area contributed by atoms with E-state index >= 15 is 0 Å². The fourth-order valence-corrected chi connectivity index (χ4v) is 0.743. The van der Waals surface area contributed by atoms with Crippen molar-refractivity contribution in [2.45, 2.75) is 0 Å². The molecule has 4 heteroatoms. The van der Waals surface area contributed by atoms with Crippen LogP contribution in [-0.2, 0) is 0 Å². The molecule has 0 bridgehead atoms. The number of aliphatic hydroxyl groups excluding tert-OH is 1. The van der Waals surface area contributed by atoms with Crippen molar-refractivity contribution in [3.8, 4) is 0 Å². The summed E-state index contributed by atoms with van der Waals surface area (Å²) in [6.07, 6.45) is 0. The predicted octanol–water partition coefficient (Wildman–Crippen LogP) is -3.39. The monoisotopic (exact) mass is 130 g/mol. The molecule has 0 aromatic rings. The normalized spacial score (nSPS) is 16.8. The van der Waals surface area contributed by atoms with Gasteiger partial charge in [0, 0.05) is 0 Å². The number of aliphatic hydroxyl groups is 1. The second-order valence-corrected chi connectivity index (χ2v) is 1.88. The van der Waals surface area contributed by atoms with Gasteiger partial charge in [-0.2, -0.15) is 0 Å². The van der Waals surface area contributed by atoms with Gasteiger partial charge in [-0.3, -0.25) is 15.6 Å². The molecule has 9 heavy (non-hydrogen) atoms.